The Balaban J connectivity index is 1.57. The molecule has 1 aromatic carbocycles. The Bertz CT molecular complexity index is 677. The molecule has 0 radical (unpaired) electrons. The number of amides is 1. The second kappa shape index (κ2) is 7.77. The van der Waals surface area contributed by atoms with Crippen LogP contribution in [-0.4, -0.2) is 54.9 Å². The first-order valence-corrected chi connectivity index (χ1v) is 8.57. The maximum atomic E-state index is 12.3. The highest BCUT2D eigenvalue weighted by atomic mass is 16.5. The Morgan fingerprint density at radius 1 is 1.29 bits per heavy atom. The Kier molecular flexibility index (Phi) is 5.48. The number of carbonyl (C=O) groups excluding carboxylic acids is 1. The van der Waals surface area contributed by atoms with Crippen molar-refractivity contribution in [3.8, 4) is 0 Å². The van der Waals surface area contributed by atoms with E-state index in [0.717, 1.165) is 31.7 Å². The summed E-state index contributed by atoms with van der Waals surface area (Å²) in [4.78, 5) is 14.7. The van der Waals surface area contributed by atoms with E-state index in [1.165, 1.54) is 0 Å². The topological polar surface area (TPSA) is 67.6 Å². The lowest BCUT2D eigenvalue weighted by Gasteiger charge is -2.36. The van der Waals surface area contributed by atoms with E-state index in [4.69, 9.17) is 9.26 Å². The van der Waals surface area contributed by atoms with E-state index < -0.39 is 0 Å². The van der Waals surface area contributed by atoms with Crippen molar-refractivity contribution in [1.82, 2.24) is 15.4 Å². The summed E-state index contributed by atoms with van der Waals surface area (Å²) in [5.41, 5.74) is 1.41. The predicted molar refractivity (Wildman–Crippen MR) is 91.7 cm³/mol. The number of nitrogens with zero attached hydrogens (tertiary/aromatic N) is 2. The first-order chi connectivity index (χ1) is 11.6. The largest absolute Gasteiger partial charge is 0.379 e. The first kappa shape index (κ1) is 16.9. The van der Waals surface area contributed by atoms with Crippen LogP contribution >= 0.6 is 0 Å². The molecule has 1 atom stereocenters. The Labute approximate surface area is 142 Å². The molecule has 3 rings (SSSR count). The highest BCUT2D eigenvalue weighted by Crippen LogP contribution is 2.18. The van der Waals surface area contributed by atoms with E-state index in [1.54, 1.807) is 0 Å². The molecule has 2 aromatic rings. The summed E-state index contributed by atoms with van der Waals surface area (Å²) in [7, 11) is 0. The molecule has 1 aliphatic rings. The molecule has 6 heteroatoms. The van der Waals surface area contributed by atoms with Crippen molar-refractivity contribution >= 4 is 16.9 Å². The number of hydrogen-bond acceptors (Lipinski definition) is 5. The smallest absolute Gasteiger partial charge is 0.226 e. The maximum absolute atomic E-state index is 12.3. The molecule has 0 unspecified atom stereocenters. The molecule has 0 spiro atoms. The third-order valence-corrected chi connectivity index (χ3v) is 4.57. The van der Waals surface area contributed by atoms with Crippen LogP contribution in [0.3, 0.4) is 0 Å². The fourth-order valence-electron chi connectivity index (χ4n) is 3.19. The van der Waals surface area contributed by atoms with E-state index >= 15 is 0 Å². The van der Waals surface area contributed by atoms with Crippen molar-refractivity contribution in [3.05, 3.63) is 30.0 Å². The lowest BCUT2D eigenvalue weighted by Crippen LogP contribution is -2.51. The summed E-state index contributed by atoms with van der Waals surface area (Å²) in [6, 6.07) is 7.93. The number of ether oxygens (including phenoxy) is 1. The second-order valence-corrected chi connectivity index (χ2v) is 6.57. The molecule has 1 aromatic heterocycles. The van der Waals surface area contributed by atoms with Gasteiger partial charge in [0.15, 0.2) is 5.58 Å². The number of fused-ring (bicyclic) bond motifs is 1. The normalized spacial score (nSPS) is 17.3. The Morgan fingerprint density at radius 3 is 2.79 bits per heavy atom. The van der Waals surface area contributed by atoms with E-state index in [9.17, 15) is 4.79 Å². The van der Waals surface area contributed by atoms with Gasteiger partial charge < -0.3 is 14.6 Å². The van der Waals surface area contributed by atoms with Crippen LogP contribution in [0.1, 0.15) is 19.5 Å². The predicted octanol–water partition coefficient (Wildman–Crippen LogP) is 1.84. The molecule has 24 heavy (non-hydrogen) atoms. The lowest BCUT2D eigenvalue weighted by atomic mass is 10.0. The second-order valence-electron chi connectivity index (χ2n) is 6.57. The Morgan fingerprint density at radius 2 is 2.04 bits per heavy atom. The zero-order chi connectivity index (χ0) is 16.9. The van der Waals surface area contributed by atoms with Crippen molar-refractivity contribution in [3.63, 3.8) is 0 Å². The number of morpholine rings is 1. The van der Waals surface area contributed by atoms with Gasteiger partial charge in [0.05, 0.1) is 19.6 Å². The summed E-state index contributed by atoms with van der Waals surface area (Å²) in [5.74, 6) is 0.448. The van der Waals surface area contributed by atoms with Crippen LogP contribution in [0.4, 0.5) is 0 Å². The van der Waals surface area contributed by atoms with Crippen molar-refractivity contribution in [2.75, 3.05) is 32.8 Å². The van der Waals surface area contributed by atoms with Gasteiger partial charge in [-0.3, -0.25) is 9.69 Å². The van der Waals surface area contributed by atoms with Gasteiger partial charge >= 0.3 is 0 Å². The minimum Gasteiger partial charge on any atom is -0.379 e. The average molecular weight is 331 g/mol. The van der Waals surface area contributed by atoms with E-state index in [1.807, 2.05) is 24.3 Å². The number of rotatable bonds is 6. The molecule has 1 amide bonds. The van der Waals surface area contributed by atoms with Crippen LogP contribution in [0, 0.1) is 5.92 Å². The highest BCUT2D eigenvalue weighted by molar-refractivity contribution is 5.86. The molecule has 0 aliphatic carbocycles. The quantitative estimate of drug-likeness (QED) is 0.875. The number of carbonyl (C=O) groups is 1. The van der Waals surface area contributed by atoms with Crippen LogP contribution in [-0.2, 0) is 16.0 Å². The third-order valence-electron chi connectivity index (χ3n) is 4.57. The minimum absolute atomic E-state index is 0.0204. The summed E-state index contributed by atoms with van der Waals surface area (Å²) < 4.78 is 10.7. The molecular weight excluding hydrogens is 306 g/mol. The average Bonchev–Trinajstić information content (AvgIpc) is 2.99. The number of benzene rings is 1. The van der Waals surface area contributed by atoms with E-state index in [0.29, 0.717) is 29.8 Å². The number of hydrogen-bond donors (Lipinski definition) is 1. The molecule has 6 nitrogen and oxygen atoms in total. The van der Waals surface area contributed by atoms with Gasteiger partial charge in [0.25, 0.3) is 0 Å². The summed E-state index contributed by atoms with van der Waals surface area (Å²) >= 11 is 0. The van der Waals surface area contributed by atoms with Crippen LogP contribution in [0.5, 0.6) is 0 Å². The van der Waals surface area contributed by atoms with Crippen molar-refractivity contribution in [1.29, 1.82) is 0 Å². The molecule has 1 saturated heterocycles. The molecule has 1 aliphatic heterocycles. The molecule has 1 fully saturated rings. The maximum Gasteiger partial charge on any atom is 0.226 e. The van der Waals surface area contributed by atoms with Gasteiger partial charge in [-0.25, -0.2) is 0 Å². The summed E-state index contributed by atoms with van der Waals surface area (Å²) in [6.45, 7) is 8.41. The van der Waals surface area contributed by atoms with Gasteiger partial charge in [-0.15, -0.1) is 0 Å². The first-order valence-electron chi connectivity index (χ1n) is 8.57. The number of para-hydroxylation sites is 1. The van der Waals surface area contributed by atoms with Crippen LogP contribution < -0.4 is 5.32 Å². The molecular formula is C18H25N3O3. The molecule has 130 valence electrons. The third kappa shape index (κ3) is 3.94. The molecule has 0 bridgehead atoms. The van der Waals surface area contributed by atoms with Gasteiger partial charge in [-0.1, -0.05) is 31.1 Å². The number of nitrogens with one attached hydrogen (secondary N) is 1. The molecule has 2 heterocycles. The van der Waals surface area contributed by atoms with Crippen LogP contribution in [0.2, 0.25) is 0 Å². The zero-order valence-corrected chi connectivity index (χ0v) is 14.3. The monoisotopic (exact) mass is 331 g/mol. The fourth-order valence-corrected chi connectivity index (χ4v) is 3.19. The van der Waals surface area contributed by atoms with Gasteiger partial charge in [0.1, 0.15) is 5.69 Å². The lowest BCUT2D eigenvalue weighted by molar-refractivity contribution is -0.121. The summed E-state index contributed by atoms with van der Waals surface area (Å²) in [6.07, 6.45) is 0.241. The van der Waals surface area contributed by atoms with Crippen molar-refractivity contribution in [2.45, 2.75) is 26.3 Å². The van der Waals surface area contributed by atoms with Crippen LogP contribution in [0.15, 0.2) is 28.8 Å². The minimum atomic E-state index is -0.0204. The van der Waals surface area contributed by atoms with E-state index in [2.05, 4.69) is 29.2 Å². The van der Waals surface area contributed by atoms with E-state index in [-0.39, 0.29) is 12.3 Å². The zero-order valence-electron chi connectivity index (χ0n) is 14.3. The van der Waals surface area contributed by atoms with Gasteiger partial charge in [-0.2, -0.15) is 0 Å². The SMILES string of the molecule is CC(C)[C@@H](CNC(=O)Cc1noc2ccccc12)N1CCOCC1. The summed E-state index contributed by atoms with van der Waals surface area (Å²) in [5, 5.41) is 7.99. The highest BCUT2D eigenvalue weighted by Gasteiger charge is 2.24. The van der Waals surface area contributed by atoms with Crippen molar-refractivity contribution < 1.29 is 14.1 Å². The van der Waals surface area contributed by atoms with Gasteiger partial charge in [0.2, 0.25) is 5.91 Å². The van der Waals surface area contributed by atoms with Crippen molar-refractivity contribution in [2.24, 2.45) is 5.92 Å². The van der Waals surface area contributed by atoms with Crippen LogP contribution in [0.25, 0.3) is 11.0 Å². The standard InChI is InChI=1S/C18H25N3O3/c1-13(2)16(21-7-9-23-10-8-21)12-19-18(22)11-15-14-5-3-4-6-17(14)24-20-15/h3-6,13,16H,7-12H2,1-2H3,(H,19,22)/t16-/m1/s1. The van der Waals surface area contributed by atoms with Gasteiger partial charge in [0, 0.05) is 31.1 Å². The molecule has 1 N–H and O–H groups in total. The molecule has 0 saturated carbocycles. The van der Waals surface area contributed by atoms with Gasteiger partial charge in [-0.05, 0) is 18.1 Å². The fraction of sp³-hybridized carbons (Fsp3) is 0.556. The Hall–Kier alpha value is -1.92. The number of aromatic nitrogens is 1.